The predicted octanol–water partition coefficient (Wildman–Crippen LogP) is 3.71. The van der Waals surface area contributed by atoms with Crippen molar-refractivity contribution in [2.45, 2.75) is 26.7 Å². The van der Waals surface area contributed by atoms with Gasteiger partial charge in [0.2, 0.25) is 5.82 Å². The Balaban J connectivity index is 1.71. The van der Waals surface area contributed by atoms with Crippen LogP contribution in [0.1, 0.15) is 35.9 Å². The quantitative estimate of drug-likeness (QED) is 0.722. The van der Waals surface area contributed by atoms with E-state index in [9.17, 15) is 4.79 Å². The minimum absolute atomic E-state index is 0.115. The number of rotatable bonds is 3. The fraction of sp³-hybridized carbons (Fsp3) is 0.350. The van der Waals surface area contributed by atoms with Crippen LogP contribution >= 0.6 is 0 Å². The standard InChI is InChI=1S/C20H22N4O2/c1-14-5-7-16(8-6-14)24-19(17-4-3-13-26-17)21-18(22-24)20(25)23-11-9-15(2)10-12-23/h3-8,13,15H,9-12H2,1-2H3. The number of hydrogen-bond acceptors (Lipinski definition) is 4. The molecule has 0 spiro atoms. The summed E-state index contributed by atoms with van der Waals surface area (Å²) < 4.78 is 7.19. The van der Waals surface area contributed by atoms with E-state index in [-0.39, 0.29) is 11.7 Å². The van der Waals surface area contributed by atoms with Gasteiger partial charge in [-0.3, -0.25) is 4.79 Å². The number of furan rings is 1. The maximum Gasteiger partial charge on any atom is 0.293 e. The Bertz CT molecular complexity index is 889. The highest BCUT2D eigenvalue weighted by Gasteiger charge is 2.26. The lowest BCUT2D eigenvalue weighted by Crippen LogP contribution is -2.38. The van der Waals surface area contributed by atoms with Crippen molar-refractivity contribution < 1.29 is 9.21 Å². The lowest BCUT2D eigenvalue weighted by molar-refractivity contribution is 0.0685. The highest BCUT2D eigenvalue weighted by molar-refractivity contribution is 5.91. The molecule has 134 valence electrons. The second-order valence-corrected chi connectivity index (χ2v) is 6.96. The van der Waals surface area contributed by atoms with Crippen molar-refractivity contribution in [2.24, 2.45) is 5.92 Å². The van der Waals surface area contributed by atoms with Gasteiger partial charge in [-0.25, -0.2) is 4.68 Å². The van der Waals surface area contributed by atoms with Gasteiger partial charge in [-0.2, -0.15) is 4.98 Å². The molecular weight excluding hydrogens is 328 g/mol. The van der Waals surface area contributed by atoms with Crippen molar-refractivity contribution in [1.29, 1.82) is 0 Å². The molecular formula is C20H22N4O2. The molecule has 0 atom stereocenters. The van der Waals surface area contributed by atoms with E-state index in [4.69, 9.17) is 4.42 Å². The average molecular weight is 350 g/mol. The third-order valence-corrected chi connectivity index (χ3v) is 4.89. The lowest BCUT2D eigenvalue weighted by Gasteiger charge is -2.29. The summed E-state index contributed by atoms with van der Waals surface area (Å²) in [6.45, 7) is 5.77. The van der Waals surface area contributed by atoms with Gasteiger partial charge in [-0.15, -0.1) is 5.10 Å². The maximum absolute atomic E-state index is 12.9. The van der Waals surface area contributed by atoms with E-state index in [1.807, 2.05) is 42.2 Å². The largest absolute Gasteiger partial charge is 0.461 e. The highest BCUT2D eigenvalue weighted by atomic mass is 16.3. The Kier molecular flexibility index (Phi) is 4.32. The molecule has 4 rings (SSSR count). The van der Waals surface area contributed by atoms with Crippen LogP contribution in [0.5, 0.6) is 0 Å². The van der Waals surface area contributed by atoms with Crippen LogP contribution in [-0.4, -0.2) is 38.7 Å². The molecule has 3 heterocycles. The number of benzene rings is 1. The number of amides is 1. The predicted molar refractivity (Wildman–Crippen MR) is 98.1 cm³/mol. The summed E-state index contributed by atoms with van der Waals surface area (Å²) in [5, 5.41) is 4.51. The molecule has 0 radical (unpaired) electrons. The third kappa shape index (κ3) is 3.14. The molecule has 1 saturated heterocycles. The second kappa shape index (κ2) is 6.78. The fourth-order valence-corrected chi connectivity index (χ4v) is 3.19. The third-order valence-electron chi connectivity index (χ3n) is 4.89. The van der Waals surface area contributed by atoms with Crippen LogP contribution in [0.15, 0.2) is 47.1 Å². The van der Waals surface area contributed by atoms with Crippen molar-refractivity contribution in [3.8, 4) is 17.3 Å². The molecule has 1 fully saturated rings. The van der Waals surface area contributed by atoms with E-state index in [1.54, 1.807) is 17.0 Å². The summed E-state index contributed by atoms with van der Waals surface area (Å²) in [4.78, 5) is 19.2. The summed E-state index contributed by atoms with van der Waals surface area (Å²) in [6, 6.07) is 11.6. The first kappa shape index (κ1) is 16.6. The van der Waals surface area contributed by atoms with Gasteiger partial charge < -0.3 is 9.32 Å². The monoisotopic (exact) mass is 350 g/mol. The van der Waals surface area contributed by atoms with E-state index < -0.39 is 0 Å². The first-order valence-corrected chi connectivity index (χ1v) is 8.99. The molecule has 6 nitrogen and oxygen atoms in total. The molecule has 1 amide bonds. The Labute approximate surface area is 152 Å². The second-order valence-electron chi connectivity index (χ2n) is 6.96. The van der Waals surface area contributed by atoms with Crippen LogP contribution in [0.3, 0.4) is 0 Å². The summed E-state index contributed by atoms with van der Waals surface area (Å²) in [7, 11) is 0. The van der Waals surface area contributed by atoms with Gasteiger partial charge in [0.15, 0.2) is 11.6 Å². The van der Waals surface area contributed by atoms with Gasteiger partial charge >= 0.3 is 0 Å². The summed E-state index contributed by atoms with van der Waals surface area (Å²) >= 11 is 0. The van der Waals surface area contributed by atoms with Crippen molar-refractivity contribution in [2.75, 3.05) is 13.1 Å². The molecule has 0 unspecified atom stereocenters. The van der Waals surface area contributed by atoms with Gasteiger partial charge in [0.05, 0.1) is 12.0 Å². The molecule has 0 N–H and O–H groups in total. The van der Waals surface area contributed by atoms with Gasteiger partial charge in [-0.1, -0.05) is 24.6 Å². The minimum atomic E-state index is -0.115. The Hall–Kier alpha value is -2.89. The molecule has 0 bridgehead atoms. The van der Waals surface area contributed by atoms with Gasteiger partial charge in [0.1, 0.15) is 0 Å². The van der Waals surface area contributed by atoms with Crippen LogP contribution in [0, 0.1) is 12.8 Å². The number of aromatic nitrogens is 3. The number of hydrogen-bond donors (Lipinski definition) is 0. The Morgan fingerprint density at radius 1 is 1.15 bits per heavy atom. The first-order valence-electron chi connectivity index (χ1n) is 8.99. The van der Waals surface area contributed by atoms with E-state index in [0.717, 1.165) is 37.2 Å². The van der Waals surface area contributed by atoms with Crippen molar-refractivity contribution >= 4 is 5.91 Å². The van der Waals surface area contributed by atoms with Crippen molar-refractivity contribution in [1.82, 2.24) is 19.7 Å². The van der Waals surface area contributed by atoms with Crippen LogP contribution in [0.2, 0.25) is 0 Å². The summed E-state index contributed by atoms with van der Waals surface area (Å²) in [6.07, 6.45) is 3.64. The van der Waals surface area contributed by atoms with Gasteiger partial charge in [-0.05, 0) is 49.9 Å². The number of carbonyl (C=O) groups is 1. The van der Waals surface area contributed by atoms with E-state index in [1.165, 1.54) is 0 Å². The molecule has 2 aromatic heterocycles. The minimum Gasteiger partial charge on any atom is -0.461 e. The molecule has 1 aliphatic heterocycles. The maximum atomic E-state index is 12.9. The van der Waals surface area contributed by atoms with Crippen LogP contribution in [-0.2, 0) is 0 Å². The van der Waals surface area contributed by atoms with Gasteiger partial charge in [0, 0.05) is 13.1 Å². The molecule has 0 aliphatic carbocycles. The summed E-state index contributed by atoms with van der Waals surface area (Å²) in [5.74, 6) is 1.88. The smallest absolute Gasteiger partial charge is 0.293 e. The number of piperidine rings is 1. The van der Waals surface area contributed by atoms with Crippen LogP contribution in [0.4, 0.5) is 0 Å². The fourth-order valence-electron chi connectivity index (χ4n) is 3.19. The lowest BCUT2D eigenvalue weighted by atomic mass is 9.99. The van der Waals surface area contributed by atoms with E-state index >= 15 is 0 Å². The number of aryl methyl sites for hydroxylation is 1. The normalized spacial score (nSPS) is 15.4. The summed E-state index contributed by atoms with van der Waals surface area (Å²) in [5.41, 5.74) is 2.01. The number of carbonyl (C=O) groups excluding carboxylic acids is 1. The molecule has 3 aromatic rings. The SMILES string of the molecule is Cc1ccc(-n2nc(C(=O)N3CCC(C)CC3)nc2-c2ccco2)cc1. The van der Waals surface area contributed by atoms with Crippen LogP contribution < -0.4 is 0 Å². The molecule has 6 heteroatoms. The van der Waals surface area contributed by atoms with Crippen LogP contribution in [0.25, 0.3) is 17.3 Å². The van der Waals surface area contributed by atoms with Crippen molar-refractivity contribution in [3.63, 3.8) is 0 Å². The zero-order chi connectivity index (χ0) is 18.1. The topological polar surface area (TPSA) is 64.2 Å². The van der Waals surface area contributed by atoms with Crippen molar-refractivity contribution in [3.05, 3.63) is 54.0 Å². The highest BCUT2D eigenvalue weighted by Crippen LogP contribution is 2.23. The van der Waals surface area contributed by atoms with E-state index in [0.29, 0.717) is 17.5 Å². The van der Waals surface area contributed by atoms with E-state index in [2.05, 4.69) is 17.0 Å². The number of nitrogens with zero attached hydrogens (tertiary/aromatic N) is 4. The Morgan fingerprint density at radius 3 is 2.54 bits per heavy atom. The Morgan fingerprint density at radius 2 is 1.88 bits per heavy atom. The zero-order valence-corrected chi connectivity index (χ0v) is 15.1. The molecule has 0 saturated carbocycles. The number of likely N-dealkylation sites (tertiary alicyclic amines) is 1. The average Bonchev–Trinajstić information content (AvgIpc) is 3.32. The zero-order valence-electron chi connectivity index (χ0n) is 15.1. The first-order chi connectivity index (χ1) is 12.6. The van der Waals surface area contributed by atoms with Gasteiger partial charge in [0.25, 0.3) is 5.91 Å². The molecule has 1 aliphatic rings. The molecule has 26 heavy (non-hydrogen) atoms. The molecule has 1 aromatic carbocycles.